The molecule has 1 aliphatic rings. The maximum atomic E-state index is 12.5. The van der Waals surface area contributed by atoms with Crippen LogP contribution in [0, 0.1) is 0 Å². The van der Waals surface area contributed by atoms with Crippen molar-refractivity contribution in [3.8, 4) is 0 Å². The number of nitrogens with zero attached hydrogens (tertiary/aromatic N) is 3. The van der Waals surface area contributed by atoms with Crippen LogP contribution in [0.5, 0.6) is 0 Å². The molecule has 1 aliphatic heterocycles. The monoisotopic (exact) mass is 342 g/mol. The third kappa shape index (κ3) is 3.10. The van der Waals surface area contributed by atoms with E-state index in [0.29, 0.717) is 12.1 Å². The Balaban J connectivity index is 1.82. The number of hydrogen-bond donors (Lipinski definition) is 1. The van der Waals surface area contributed by atoms with E-state index in [9.17, 15) is 19.2 Å². The SMILES string of the molecule is Cn1c(CN2C(=O)NC(Cc3ccccc3)C2=O)cc(=O)n(C)c1=O. The number of urea groups is 1. The van der Waals surface area contributed by atoms with Crippen LogP contribution in [0.15, 0.2) is 46.0 Å². The molecule has 1 aromatic carbocycles. The molecule has 1 saturated heterocycles. The first-order chi connectivity index (χ1) is 11.9. The van der Waals surface area contributed by atoms with Crippen molar-refractivity contribution < 1.29 is 9.59 Å². The van der Waals surface area contributed by atoms with Crippen LogP contribution >= 0.6 is 0 Å². The van der Waals surface area contributed by atoms with Gasteiger partial charge in [0.05, 0.1) is 6.54 Å². The average molecular weight is 342 g/mol. The minimum absolute atomic E-state index is 0.127. The summed E-state index contributed by atoms with van der Waals surface area (Å²) in [4.78, 5) is 49.5. The summed E-state index contributed by atoms with van der Waals surface area (Å²) < 4.78 is 2.22. The van der Waals surface area contributed by atoms with Gasteiger partial charge in [0.1, 0.15) is 6.04 Å². The first kappa shape index (κ1) is 16.7. The van der Waals surface area contributed by atoms with Gasteiger partial charge in [0.15, 0.2) is 0 Å². The molecule has 1 aromatic heterocycles. The van der Waals surface area contributed by atoms with Crippen LogP contribution in [0.25, 0.3) is 0 Å². The van der Waals surface area contributed by atoms with Gasteiger partial charge in [-0.15, -0.1) is 0 Å². The minimum Gasteiger partial charge on any atom is -0.325 e. The van der Waals surface area contributed by atoms with Crippen molar-refractivity contribution in [1.29, 1.82) is 0 Å². The van der Waals surface area contributed by atoms with Crippen LogP contribution in [0.1, 0.15) is 11.3 Å². The van der Waals surface area contributed by atoms with E-state index in [1.165, 1.54) is 24.7 Å². The van der Waals surface area contributed by atoms with Gasteiger partial charge in [-0.1, -0.05) is 30.3 Å². The van der Waals surface area contributed by atoms with Gasteiger partial charge in [0.25, 0.3) is 11.5 Å². The fourth-order valence-corrected chi connectivity index (χ4v) is 2.81. The molecular weight excluding hydrogens is 324 g/mol. The first-order valence-corrected chi connectivity index (χ1v) is 7.80. The Bertz CT molecular complexity index is 945. The summed E-state index contributed by atoms with van der Waals surface area (Å²) in [5.41, 5.74) is 0.252. The first-order valence-electron chi connectivity index (χ1n) is 7.80. The second-order valence-electron chi connectivity index (χ2n) is 5.99. The number of carbonyl (C=O) groups excluding carboxylic acids is 2. The zero-order chi connectivity index (χ0) is 18.1. The lowest BCUT2D eigenvalue weighted by Gasteiger charge is -2.16. The number of carbonyl (C=O) groups is 2. The summed E-state index contributed by atoms with van der Waals surface area (Å²) >= 11 is 0. The third-order valence-corrected chi connectivity index (χ3v) is 4.34. The normalized spacial score (nSPS) is 17.0. The fourth-order valence-electron chi connectivity index (χ4n) is 2.81. The van der Waals surface area contributed by atoms with Gasteiger partial charge in [-0.25, -0.2) is 9.59 Å². The summed E-state index contributed by atoms with van der Waals surface area (Å²) in [6, 6.07) is 9.44. The molecule has 0 spiro atoms. The van der Waals surface area contributed by atoms with Crippen LogP contribution < -0.4 is 16.6 Å². The van der Waals surface area contributed by atoms with Crippen LogP contribution in [0.4, 0.5) is 4.79 Å². The number of nitrogens with one attached hydrogen (secondary N) is 1. The minimum atomic E-state index is -0.654. The van der Waals surface area contributed by atoms with E-state index in [2.05, 4.69) is 5.32 Å². The molecule has 1 unspecified atom stereocenters. The summed E-state index contributed by atoms with van der Waals surface area (Å²) in [5.74, 6) is -0.373. The predicted molar refractivity (Wildman–Crippen MR) is 89.9 cm³/mol. The Morgan fingerprint density at radius 1 is 1.00 bits per heavy atom. The number of aromatic nitrogens is 2. The van der Waals surface area contributed by atoms with E-state index in [1.54, 1.807) is 0 Å². The highest BCUT2D eigenvalue weighted by Crippen LogP contribution is 2.14. The van der Waals surface area contributed by atoms with Gasteiger partial charge in [0.2, 0.25) is 0 Å². The Hall–Kier alpha value is -3.16. The van der Waals surface area contributed by atoms with Crippen molar-refractivity contribution in [2.75, 3.05) is 0 Å². The highest BCUT2D eigenvalue weighted by molar-refractivity contribution is 6.04. The molecule has 1 fully saturated rings. The molecule has 0 radical (unpaired) electrons. The number of imide groups is 1. The molecule has 1 atom stereocenters. The zero-order valence-corrected chi connectivity index (χ0v) is 13.9. The Kier molecular flexibility index (Phi) is 4.26. The standard InChI is InChI=1S/C17H18N4O4/c1-19-12(9-14(22)20(2)17(19)25)10-21-15(23)13(18-16(21)24)8-11-6-4-3-5-7-11/h3-7,9,13H,8,10H2,1-2H3,(H,18,24). The lowest BCUT2D eigenvalue weighted by atomic mass is 10.1. The van der Waals surface area contributed by atoms with E-state index in [-0.39, 0.29) is 12.5 Å². The Labute approximate surface area is 143 Å². The summed E-state index contributed by atoms with van der Waals surface area (Å²) in [5, 5.41) is 2.65. The Morgan fingerprint density at radius 3 is 2.36 bits per heavy atom. The number of amides is 3. The van der Waals surface area contributed by atoms with E-state index in [4.69, 9.17) is 0 Å². The highest BCUT2D eigenvalue weighted by atomic mass is 16.2. The predicted octanol–water partition coefficient (Wildman–Crippen LogP) is -0.253. The molecule has 3 rings (SSSR count). The van der Waals surface area contributed by atoms with Crippen molar-refractivity contribution in [2.45, 2.75) is 19.0 Å². The van der Waals surface area contributed by atoms with E-state index in [0.717, 1.165) is 15.0 Å². The van der Waals surface area contributed by atoms with E-state index in [1.807, 2.05) is 30.3 Å². The molecule has 8 heteroatoms. The smallest absolute Gasteiger partial charge is 0.325 e. The molecule has 2 aromatic rings. The van der Waals surface area contributed by atoms with Crippen LogP contribution in [-0.2, 0) is 31.9 Å². The quantitative estimate of drug-likeness (QED) is 0.775. The van der Waals surface area contributed by atoms with Gasteiger partial charge in [0, 0.05) is 32.3 Å². The number of benzene rings is 1. The lowest BCUT2D eigenvalue weighted by Crippen LogP contribution is -2.40. The largest absolute Gasteiger partial charge is 0.330 e. The van der Waals surface area contributed by atoms with E-state index >= 15 is 0 Å². The molecule has 0 saturated carbocycles. The number of hydrogen-bond acceptors (Lipinski definition) is 4. The Morgan fingerprint density at radius 2 is 1.68 bits per heavy atom. The molecule has 2 heterocycles. The van der Waals surface area contributed by atoms with Gasteiger partial charge >= 0.3 is 11.7 Å². The molecule has 130 valence electrons. The molecule has 0 aliphatic carbocycles. The molecule has 0 bridgehead atoms. The highest BCUT2D eigenvalue weighted by Gasteiger charge is 2.38. The van der Waals surface area contributed by atoms with Gasteiger partial charge < -0.3 is 5.32 Å². The van der Waals surface area contributed by atoms with Crippen molar-refractivity contribution >= 4 is 11.9 Å². The topological polar surface area (TPSA) is 93.4 Å². The lowest BCUT2D eigenvalue weighted by molar-refractivity contribution is -0.127. The van der Waals surface area contributed by atoms with Crippen LogP contribution in [0.2, 0.25) is 0 Å². The molecule has 1 N–H and O–H groups in total. The average Bonchev–Trinajstić information content (AvgIpc) is 2.86. The van der Waals surface area contributed by atoms with Crippen LogP contribution in [-0.4, -0.2) is 32.0 Å². The fraction of sp³-hybridized carbons (Fsp3) is 0.294. The molecular formula is C17H18N4O4. The second-order valence-corrected chi connectivity index (χ2v) is 5.99. The molecule has 8 nitrogen and oxygen atoms in total. The van der Waals surface area contributed by atoms with Gasteiger partial charge in [-0.05, 0) is 5.56 Å². The van der Waals surface area contributed by atoms with Crippen molar-refractivity contribution in [3.05, 3.63) is 68.5 Å². The molecule has 25 heavy (non-hydrogen) atoms. The van der Waals surface area contributed by atoms with Crippen molar-refractivity contribution in [1.82, 2.24) is 19.4 Å². The third-order valence-electron chi connectivity index (χ3n) is 4.34. The zero-order valence-electron chi connectivity index (χ0n) is 13.9. The maximum absolute atomic E-state index is 12.5. The van der Waals surface area contributed by atoms with Gasteiger partial charge in [-0.2, -0.15) is 0 Å². The second kappa shape index (κ2) is 6.39. The van der Waals surface area contributed by atoms with Crippen molar-refractivity contribution in [3.63, 3.8) is 0 Å². The maximum Gasteiger partial charge on any atom is 0.330 e. The summed E-state index contributed by atoms with van der Waals surface area (Å²) in [6.45, 7) is -0.127. The summed E-state index contributed by atoms with van der Waals surface area (Å²) in [6.07, 6.45) is 0.386. The number of rotatable bonds is 4. The van der Waals surface area contributed by atoms with Crippen molar-refractivity contribution in [2.24, 2.45) is 14.1 Å². The van der Waals surface area contributed by atoms with E-state index < -0.39 is 23.3 Å². The summed E-state index contributed by atoms with van der Waals surface area (Å²) in [7, 11) is 2.87. The van der Waals surface area contributed by atoms with Gasteiger partial charge in [-0.3, -0.25) is 23.6 Å². The molecule has 3 amide bonds. The van der Waals surface area contributed by atoms with Crippen LogP contribution in [0.3, 0.4) is 0 Å².